The Morgan fingerprint density at radius 3 is 1.35 bits per heavy atom. The molecule has 0 atom stereocenters. The van der Waals surface area contributed by atoms with Gasteiger partial charge in [-0.3, -0.25) is 0 Å². The number of aromatic nitrogens is 2. The lowest BCUT2D eigenvalue weighted by atomic mass is 10.00. The molecule has 0 unspecified atom stereocenters. The zero-order valence-corrected chi connectivity index (χ0v) is 39.6. The fourth-order valence-corrected chi connectivity index (χ4v) is 10.7. The van der Waals surface area contributed by atoms with Crippen LogP contribution in [-0.4, -0.2) is 15.7 Å². The van der Waals surface area contributed by atoms with Gasteiger partial charge in [-0.05, 0) is 145 Å². The van der Waals surface area contributed by atoms with Crippen molar-refractivity contribution in [3.8, 4) is 11.4 Å². The molecule has 72 heavy (non-hydrogen) atoms. The molecule has 5 heteroatoms. The molecule has 0 amide bonds. The summed E-state index contributed by atoms with van der Waals surface area (Å²) < 4.78 is 4.83. The van der Waals surface area contributed by atoms with E-state index < -0.39 is 0 Å². The fourth-order valence-electron chi connectivity index (χ4n) is 10.7. The Balaban J connectivity index is 1.04. The topological polar surface area (TPSA) is 19.6 Å². The van der Waals surface area contributed by atoms with Crippen LogP contribution in [0.2, 0.25) is 0 Å². The van der Waals surface area contributed by atoms with Crippen LogP contribution in [0.15, 0.2) is 285 Å². The first-order valence-electron chi connectivity index (χ1n) is 24.6. The molecule has 3 heterocycles. The molecule has 0 spiro atoms. The van der Waals surface area contributed by atoms with E-state index in [1.165, 1.54) is 27.2 Å². The highest BCUT2D eigenvalue weighted by Gasteiger charge is 2.24. The minimum atomic E-state index is 0.575. The van der Waals surface area contributed by atoms with Crippen LogP contribution < -0.4 is 14.7 Å². The van der Waals surface area contributed by atoms with Crippen LogP contribution in [0.3, 0.4) is 0 Å². The number of rotatable bonds is 9. The molecule has 12 aromatic rings. The third kappa shape index (κ3) is 7.43. The number of hydrogen-bond donors (Lipinski definition) is 0. The van der Waals surface area contributed by atoms with Crippen molar-refractivity contribution < 1.29 is 0 Å². The van der Waals surface area contributed by atoms with Gasteiger partial charge in [-0.2, -0.15) is 0 Å². The zero-order chi connectivity index (χ0) is 48.0. The minimum Gasteiger partial charge on any atom is -0.337 e. The number of nitrogens with zero attached hydrogens (tertiary/aromatic N) is 5. The van der Waals surface area contributed by atoms with Crippen LogP contribution in [0.4, 0.5) is 39.8 Å². The van der Waals surface area contributed by atoms with Gasteiger partial charge >= 0.3 is 0 Å². The number of fused-ring (bicyclic) bond motifs is 7. The molecule has 0 saturated heterocycles. The highest BCUT2D eigenvalue weighted by Crippen LogP contribution is 2.44. The van der Waals surface area contributed by atoms with E-state index in [0.29, 0.717) is 6.54 Å². The van der Waals surface area contributed by atoms with Gasteiger partial charge in [-0.1, -0.05) is 140 Å². The van der Waals surface area contributed by atoms with Gasteiger partial charge in [0.15, 0.2) is 0 Å². The quantitative estimate of drug-likeness (QED) is 0.144. The van der Waals surface area contributed by atoms with Crippen molar-refractivity contribution in [3.05, 3.63) is 291 Å². The highest BCUT2D eigenvalue weighted by molar-refractivity contribution is 6.14. The molecule has 0 bridgehead atoms. The molecule has 1 aliphatic rings. The molecule has 10 aromatic carbocycles. The third-order valence-corrected chi connectivity index (χ3v) is 14.0. The number of benzene rings is 10. The second-order valence-corrected chi connectivity index (χ2v) is 18.3. The number of anilines is 7. The van der Waals surface area contributed by atoms with Crippen LogP contribution in [0.5, 0.6) is 0 Å². The molecule has 0 N–H and O–H groups in total. The maximum absolute atomic E-state index is 4.86. The standard InChI is InChI=1S/C67H49N5/c1-48-35-36-56(70(52-25-11-4-12-26-52)53-27-13-5-14-28-53)43-44-68(49-37-39-55(40-38-49)69(50-21-7-2-8-22-50)51-23-9-3-10-24-51)66-47-62-61-45-57(72-63-33-19-17-31-58(63)59-32-18-20-34-64(59)72)41-42-65(61)71(67(62)46-60(48)66)54-29-15-6-16-30-54/h2-43,45-47H,1,44H2/b36-35-,56-43+. The molecule has 2 aromatic heterocycles. The smallest absolute Gasteiger partial charge is 0.0548 e. The Bertz CT molecular complexity index is 3870. The largest absolute Gasteiger partial charge is 0.337 e. The normalized spacial score (nSPS) is 13.9. The Hall–Kier alpha value is -9.58. The molecule has 0 fully saturated rings. The van der Waals surface area contributed by atoms with E-state index >= 15 is 0 Å². The number of hydrogen-bond acceptors (Lipinski definition) is 3. The van der Waals surface area contributed by atoms with E-state index in [9.17, 15) is 0 Å². The van der Waals surface area contributed by atoms with Crippen molar-refractivity contribution >= 4 is 89.0 Å². The first kappa shape index (κ1) is 42.5. The molecule has 0 saturated carbocycles. The molecule has 0 aliphatic carbocycles. The fraction of sp³-hybridized carbons (Fsp3) is 0.0149. The number of para-hydroxylation sites is 7. The van der Waals surface area contributed by atoms with Crippen molar-refractivity contribution in [1.29, 1.82) is 0 Å². The summed E-state index contributed by atoms with van der Waals surface area (Å²) in [5.41, 5.74) is 17.4. The van der Waals surface area contributed by atoms with Crippen LogP contribution in [0.1, 0.15) is 5.56 Å². The molecule has 342 valence electrons. The number of allylic oxidation sites excluding steroid dienone is 3. The van der Waals surface area contributed by atoms with Gasteiger partial charge in [-0.15, -0.1) is 0 Å². The summed E-state index contributed by atoms with van der Waals surface area (Å²) in [7, 11) is 0. The Morgan fingerprint density at radius 1 is 0.333 bits per heavy atom. The van der Waals surface area contributed by atoms with Gasteiger partial charge in [0.25, 0.3) is 0 Å². The lowest BCUT2D eigenvalue weighted by Gasteiger charge is -2.30. The molecular formula is C67H49N5. The second kappa shape index (κ2) is 18.1. The molecule has 1 aliphatic heterocycles. The first-order chi connectivity index (χ1) is 35.7. The van der Waals surface area contributed by atoms with E-state index in [0.717, 1.165) is 84.4 Å². The summed E-state index contributed by atoms with van der Waals surface area (Å²) in [6.45, 7) is 5.44. The monoisotopic (exact) mass is 923 g/mol. The summed E-state index contributed by atoms with van der Waals surface area (Å²) in [5.74, 6) is 0. The van der Waals surface area contributed by atoms with Gasteiger partial charge < -0.3 is 23.8 Å². The van der Waals surface area contributed by atoms with Crippen LogP contribution in [0.25, 0.3) is 60.6 Å². The summed E-state index contributed by atoms with van der Waals surface area (Å²) >= 11 is 0. The Morgan fingerprint density at radius 2 is 0.778 bits per heavy atom. The summed E-state index contributed by atoms with van der Waals surface area (Å²) in [6, 6.07) is 91.5. The SMILES string of the molecule is C=C1/C=C\C(N(c2ccccc2)c2ccccc2)=C/CN(c2ccc(N(c3ccccc3)c3ccccc3)cc2)c2cc3c4cc(-n5c6ccccc6c6ccccc65)ccc4n(-c4ccccc4)c3cc21. The van der Waals surface area contributed by atoms with Gasteiger partial charge in [0.05, 0.1) is 27.8 Å². The lowest BCUT2D eigenvalue weighted by molar-refractivity contribution is 1.07. The summed E-state index contributed by atoms with van der Waals surface area (Å²) in [5, 5.41) is 4.81. The zero-order valence-electron chi connectivity index (χ0n) is 39.6. The van der Waals surface area contributed by atoms with Gasteiger partial charge in [0, 0.05) is 84.8 Å². The van der Waals surface area contributed by atoms with Crippen LogP contribution >= 0.6 is 0 Å². The van der Waals surface area contributed by atoms with Gasteiger partial charge in [0.1, 0.15) is 0 Å². The predicted molar refractivity (Wildman–Crippen MR) is 305 cm³/mol. The van der Waals surface area contributed by atoms with Crippen molar-refractivity contribution in [2.24, 2.45) is 0 Å². The average molecular weight is 924 g/mol. The van der Waals surface area contributed by atoms with Crippen LogP contribution in [-0.2, 0) is 0 Å². The van der Waals surface area contributed by atoms with Crippen molar-refractivity contribution in [2.45, 2.75) is 0 Å². The minimum absolute atomic E-state index is 0.575. The molecule has 5 nitrogen and oxygen atoms in total. The lowest BCUT2D eigenvalue weighted by Crippen LogP contribution is -2.21. The highest BCUT2D eigenvalue weighted by atomic mass is 15.2. The van der Waals surface area contributed by atoms with E-state index in [1.807, 2.05) is 0 Å². The Labute approximate surface area is 419 Å². The molecule has 13 rings (SSSR count). The van der Waals surface area contributed by atoms with E-state index in [2.05, 4.69) is 297 Å². The maximum Gasteiger partial charge on any atom is 0.0548 e. The van der Waals surface area contributed by atoms with Crippen LogP contribution in [0, 0.1) is 0 Å². The first-order valence-corrected chi connectivity index (χ1v) is 24.6. The van der Waals surface area contributed by atoms with Gasteiger partial charge in [-0.25, -0.2) is 0 Å². The summed E-state index contributed by atoms with van der Waals surface area (Å²) in [6.07, 6.45) is 6.77. The average Bonchev–Trinajstić information content (AvgIpc) is 3.97. The Kier molecular flexibility index (Phi) is 10.7. The van der Waals surface area contributed by atoms with Crippen molar-refractivity contribution in [3.63, 3.8) is 0 Å². The van der Waals surface area contributed by atoms with Crippen molar-refractivity contribution in [2.75, 3.05) is 21.2 Å². The third-order valence-electron chi connectivity index (χ3n) is 14.0. The molecular weight excluding hydrogens is 875 g/mol. The van der Waals surface area contributed by atoms with Crippen molar-refractivity contribution in [1.82, 2.24) is 9.13 Å². The van der Waals surface area contributed by atoms with E-state index in [1.54, 1.807) is 0 Å². The predicted octanol–water partition coefficient (Wildman–Crippen LogP) is 17.8. The van der Waals surface area contributed by atoms with E-state index in [4.69, 9.17) is 6.58 Å². The second-order valence-electron chi connectivity index (χ2n) is 18.3. The van der Waals surface area contributed by atoms with Gasteiger partial charge in [0.2, 0.25) is 0 Å². The maximum atomic E-state index is 4.86. The van der Waals surface area contributed by atoms with E-state index in [-0.39, 0.29) is 0 Å². The summed E-state index contributed by atoms with van der Waals surface area (Å²) in [4.78, 5) is 7.11. The molecule has 0 radical (unpaired) electrons.